The summed E-state index contributed by atoms with van der Waals surface area (Å²) in [7, 11) is 1.32. The molecule has 8 heteroatoms. The molecule has 8 nitrogen and oxygen atoms in total. The molecule has 1 rings (SSSR count). The van der Waals surface area contributed by atoms with Crippen molar-refractivity contribution in [3.63, 3.8) is 0 Å². The van der Waals surface area contributed by atoms with Crippen molar-refractivity contribution < 1.29 is 14.3 Å². The fourth-order valence-electron chi connectivity index (χ4n) is 1.17. The topological polar surface area (TPSA) is 98.3 Å². The fourth-order valence-corrected chi connectivity index (χ4v) is 1.17. The number of nitrogens with one attached hydrogen (secondary N) is 2. The van der Waals surface area contributed by atoms with Gasteiger partial charge in [0, 0.05) is 6.54 Å². The number of carbonyl (C=O) groups is 1. The van der Waals surface area contributed by atoms with Crippen LogP contribution in [-0.4, -0.2) is 47.7 Å². The Kier molecular flexibility index (Phi) is 6.34. The SMILES string of the molecule is CCCNc1nc(NCC(=O)OC)nc(OCC)n1. The smallest absolute Gasteiger partial charge is 0.325 e. The molecule has 19 heavy (non-hydrogen) atoms. The predicted molar refractivity (Wildman–Crippen MR) is 70.3 cm³/mol. The van der Waals surface area contributed by atoms with Crippen molar-refractivity contribution in [1.29, 1.82) is 0 Å². The zero-order valence-electron chi connectivity index (χ0n) is 11.4. The largest absolute Gasteiger partial charge is 0.468 e. The summed E-state index contributed by atoms with van der Waals surface area (Å²) in [5, 5.41) is 5.79. The highest BCUT2D eigenvalue weighted by atomic mass is 16.5. The lowest BCUT2D eigenvalue weighted by Crippen LogP contribution is -2.18. The van der Waals surface area contributed by atoms with E-state index in [1.165, 1.54) is 7.11 Å². The van der Waals surface area contributed by atoms with Gasteiger partial charge in [0.25, 0.3) is 0 Å². The van der Waals surface area contributed by atoms with E-state index < -0.39 is 5.97 Å². The third-order valence-electron chi connectivity index (χ3n) is 2.04. The van der Waals surface area contributed by atoms with E-state index in [1.54, 1.807) is 0 Å². The fraction of sp³-hybridized carbons (Fsp3) is 0.636. The molecule has 0 saturated carbocycles. The Labute approximate surface area is 111 Å². The monoisotopic (exact) mass is 269 g/mol. The van der Waals surface area contributed by atoms with E-state index >= 15 is 0 Å². The number of aromatic nitrogens is 3. The van der Waals surface area contributed by atoms with Gasteiger partial charge in [-0.3, -0.25) is 4.79 Å². The summed E-state index contributed by atoms with van der Waals surface area (Å²) < 4.78 is 9.77. The second-order valence-electron chi connectivity index (χ2n) is 3.55. The summed E-state index contributed by atoms with van der Waals surface area (Å²) in [6.45, 7) is 5.05. The van der Waals surface area contributed by atoms with Crippen LogP contribution < -0.4 is 15.4 Å². The van der Waals surface area contributed by atoms with Gasteiger partial charge in [0.2, 0.25) is 11.9 Å². The Hall–Kier alpha value is -2.12. The molecule has 1 heterocycles. The number of carbonyl (C=O) groups excluding carboxylic acids is 1. The van der Waals surface area contributed by atoms with Gasteiger partial charge in [-0.2, -0.15) is 15.0 Å². The van der Waals surface area contributed by atoms with Crippen LogP contribution >= 0.6 is 0 Å². The summed E-state index contributed by atoms with van der Waals surface area (Å²) in [5.41, 5.74) is 0. The highest BCUT2D eigenvalue weighted by Gasteiger charge is 2.08. The number of methoxy groups -OCH3 is 1. The van der Waals surface area contributed by atoms with E-state index in [1.807, 2.05) is 13.8 Å². The van der Waals surface area contributed by atoms with E-state index in [0.717, 1.165) is 13.0 Å². The Bertz CT molecular complexity index is 413. The molecule has 0 bridgehead atoms. The van der Waals surface area contributed by atoms with E-state index in [4.69, 9.17) is 4.74 Å². The van der Waals surface area contributed by atoms with Crippen molar-refractivity contribution in [3.8, 4) is 6.01 Å². The zero-order valence-corrected chi connectivity index (χ0v) is 11.4. The van der Waals surface area contributed by atoms with Crippen molar-refractivity contribution in [2.24, 2.45) is 0 Å². The average Bonchev–Trinajstić information content (AvgIpc) is 2.42. The first kappa shape index (κ1) is 14.9. The van der Waals surface area contributed by atoms with Gasteiger partial charge in [-0.1, -0.05) is 6.92 Å². The van der Waals surface area contributed by atoms with Gasteiger partial charge >= 0.3 is 12.0 Å². The number of esters is 1. The maximum Gasteiger partial charge on any atom is 0.325 e. The molecule has 0 aromatic carbocycles. The highest BCUT2D eigenvalue weighted by molar-refractivity contribution is 5.74. The minimum Gasteiger partial charge on any atom is -0.468 e. The number of nitrogens with zero attached hydrogens (tertiary/aromatic N) is 3. The Balaban J connectivity index is 2.76. The number of hydrogen-bond donors (Lipinski definition) is 2. The van der Waals surface area contributed by atoms with Crippen molar-refractivity contribution in [1.82, 2.24) is 15.0 Å². The molecule has 2 N–H and O–H groups in total. The van der Waals surface area contributed by atoms with Crippen molar-refractivity contribution in [2.75, 3.05) is 37.4 Å². The summed E-state index contributed by atoms with van der Waals surface area (Å²) in [4.78, 5) is 23.3. The van der Waals surface area contributed by atoms with Gasteiger partial charge in [-0.25, -0.2) is 0 Å². The van der Waals surface area contributed by atoms with Crippen LogP contribution in [0.3, 0.4) is 0 Å². The van der Waals surface area contributed by atoms with E-state index in [0.29, 0.717) is 12.6 Å². The molecule has 0 radical (unpaired) electrons. The first-order valence-electron chi connectivity index (χ1n) is 6.13. The third-order valence-corrected chi connectivity index (χ3v) is 2.04. The van der Waals surface area contributed by atoms with Gasteiger partial charge in [-0.05, 0) is 13.3 Å². The lowest BCUT2D eigenvalue weighted by molar-refractivity contribution is -0.138. The Morgan fingerprint density at radius 1 is 1.16 bits per heavy atom. The molecule has 0 amide bonds. The number of anilines is 2. The molecule has 0 atom stereocenters. The molecule has 0 saturated heterocycles. The lowest BCUT2D eigenvalue weighted by atomic mass is 10.5. The second-order valence-corrected chi connectivity index (χ2v) is 3.55. The third kappa shape index (κ3) is 5.36. The van der Waals surface area contributed by atoms with Crippen LogP contribution in [0.4, 0.5) is 11.9 Å². The van der Waals surface area contributed by atoms with Gasteiger partial charge in [-0.15, -0.1) is 0 Å². The van der Waals surface area contributed by atoms with Crippen molar-refractivity contribution in [2.45, 2.75) is 20.3 Å². The van der Waals surface area contributed by atoms with E-state index in [2.05, 4.69) is 30.3 Å². The molecule has 0 aliphatic heterocycles. The number of hydrogen-bond acceptors (Lipinski definition) is 8. The van der Waals surface area contributed by atoms with E-state index in [9.17, 15) is 4.79 Å². The van der Waals surface area contributed by atoms with Crippen molar-refractivity contribution >= 4 is 17.9 Å². The Morgan fingerprint density at radius 3 is 2.42 bits per heavy atom. The van der Waals surface area contributed by atoms with Crippen LogP contribution in [0.5, 0.6) is 6.01 Å². The van der Waals surface area contributed by atoms with Crippen LogP contribution in [0, 0.1) is 0 Å². The minimum atomic E-state index is -0.401. The van der Waals surface area contributed by atoms with Gasteiger partial charge in [0.05, 0.1) is 13.7 Å². The average molecular weight is 269 g/mol. The number of ether oxygens (including phenoxy) is 2. The van der Waals surface area contributed by atoms with Gasteiger partial charge in [0.15, 0.2) is 0 Å². The molecule has 106 valence electrons. The maximum absolute atomic E-state index is 11.0. The minimum absolute atomic E-state index is 0.0146. The molecule has 1 aromatic rings. The van der Waals surface area contributed by atoms with Crippen molar-refractivity contribution in [3.05, 3.63) is 0 Å². The molecule has 0 unspecified atom stereocenters. The maximum atomic E-state index is 11.0. The standard InChI is InChI=1S/C11H19N5O3/c1-4-6-12-9-14-10(13-7-8(17)18-3)16-11(15-9)19-5-2/h4-7H2,1-3H3,(H2,12,13,14,15,16). The summed E-state index contributed by atoms with van der Waals surface area (Å²) >= 11 is 0. The number of rotatable bonds is 8. The van der Waals surface area contributed by atoms with Gasteiger partial charge in [0.1, 0.15) is 6.54 Å². The zero-order chi connectivity index (χ0) is 14.1. The molecule has 0 spiro atoms. The molecule has 0 fully saturated rings. The summed E-state index contributed by atoms with van der Waals surface area (Å²) in [5.74, 6) is 0.275. The first-order valence-corrected chi connectivity index (χ1v) is 6.13. The predicted octanol–water partition coefficient (Wildman–Crippen LogP) is 0.677. The van der Waals surface area contributed by atoms with Crippen LogP contribution in [0.1, 0.15) is 20.3 Å². The molecule has 1 aromatic heterocycles. The lowest BCUT2D eigenvalue weighted by Gasteiger charge is -2.09. The summed E-state index contributed by atoms with van der Waals surface area (Å²) in [6, 6.07) is 0.212. The molecular formula is C11H19N5O3. The normalized spacial score (nSPS) is 9.84. The Morgan fingerprint density at radius 2 is 1.84 bits per heavy atom. The van der Waals surface area contributed by atoms with Crippen LogP contribution in [0.15, 0.2) is 0 Å². The van der Waals surface area contributed by atoms with E-state index in [-0.39, 0.29) is 18.5 Å². The summed E-state index contributed by atoms with van der Waals surface area (Å²) in [6.07, 6.45) is 0.945. The highest BCUT2D eigenvalue weighted by Crippen LogP contribution is 2.11. The molecule has 0 aliphatic rings. The first-order chi connectivity index (χ1) is 9.19. The molecular weight excluding hydrogens is 250 g/mol. The van der Waals surface area contributed by atoms with Crippen LogP contribution in [0.2, 0.25) is 0 Å². The van der Waals surface area contributed by atoms with Crippen LogP contribution in [0.25, 0.3) is 0 Å². The second kappa shape index (κ2) is 8.06. The van der Waals surface area contributed by atoms with Gasteiger partial charge < -0.3 is 20.1 Å². The van der Waals surface area contributed by atoms with Crippen LogP contribution in [-0.2, 0) is 9.53 Å². The molecule has 0 aliphatic carbocycles. The quantitative estimate of drug-likeness (QED) is 0.665.